The minimum absolute atomic E-state index is 0.274. The van der Waals surface area contributed by atoms with Gasteiger partial charge in [0.05, 0.1) is 38.5 Å². The number of carbonyl (C=O) groups is 3. The van der Waals surface area contributed by atoms with E-state index in [1.54, 1.807) is 48.5 Å². The maximum Gasteiger partial charge on any atom is 0.262 e. The molecule has 184 valence electrons. The Balaban J connectivity index is 1.66. The van der Waals surface area contributed by atoms with E-state index in [2.05, 4.69) is 0 Å². The molecule has 0 bridgehead atoms. The molecule has 36 heavy (non-hydrogen) atoms. The smallest absolute Gasteiger partial charge is 0.262 e. The Morgan fingerprint density at radius 2 is 1.33 bits per heavy atom. The lowest BCUT2D eigenvalue weighted by Crippen LogP contribution is -2.67. The van der Waals surface area contributed by atoms with Crippen LogP contribution in [0.5, 0.6) is 17.2 Å². The number of imide groups is 1. The molecule has 0 radical (unpaired) electrons. The summed E-state index contributed by atoms with van der Waals surface area (Å²) in [5.74, 6) is -0.260. The Morgan fingerprint density at radius 1 is 0.750 bits per heavy atom. The molecule has 2 heterocycles. The highest BCUT2D eigenvalue weighted by molar-refractivity contribution is 6.32. The number of β-lactam (4-membered cyclic amide) rings is 1. The number of rotatable bonds is 6. The number of nitrogens with zero attached hydrogens (tertiary/aromatic N) is 2. The lowest BCUT2D eigenvalue weighted by molar-refractivity contribution is -0.130. The molecule has 0 N–H and O–H groups in total. The minimum Gasteiger partial charge on any atom is -0.493 e. The van der Waals surface area contributed by atoms with Gasteiger partial charge in [-0.25, -0.2) is 0 Å². The van der Waals surface area contributed by atoms with Crippen LogP contribution in [0.1, 0.15) is 37.9 Å². The Hall–Kier alpha value is -4.04. The Morgan fingerprint density at radius 3 is 1.83 bits per heavy atom. The number of methoxy groups -OCH3 is 3. The normalized spacial score (nSPS) is 18.8. The van der Waals surface area contributed by atoms with E-state index in [1.807, 2.05) is 13.0 Å². The van der Waals surface area contributed by atoms with Crippen molar-refractivity contribution in [2.45, 2.75) is 19.0 Å². The lowest BCUT2D eigenvalue weighted by Gasteiger charge is -2.50. The fourth-order valence-electron chi connectivity index (χ4n) is 4.81. The van der Waals surface area contributed by atoms with Crippen molar-refractivity contribution in [3.05, 3.63) is 81.9 Å². The number of halogens is 1. The quantitative estimate of drug-likeness (QED) is 0.363. The Bertz CT molecular complexity index is 1360. The van der Waals surface area contributed by atoms with Gasteiger partial charge >= 0.3 is 0 Å². The second kappa shape index (κ2) is 8.87. The molecule has 0 unspecified atom stereocenters. The van der Waals surface area contributed by atoms with Gasteiger partial charge < -0.3 is 19.1 Å². The van der Waals surface area contributed by atoms with Crippen molar-refractivity contribution in [3.8, 4) is 17.2 Å². The summed E-state index contributed by atoms with van der Waals surface area (Å²) in [7, 11) is 4.48. The van der Waals surface area contributed by atoms with E-state index in [0.717, 1.165) is 10.5 Å². The summed E-state index contributed by atoms with van der Waals surface area (Å²) in [6.07, 6.45) is 0. The van der Waals surface area contributed by atoms with Crippen molar-refractivity contribution in [1.29, 1.82) is 0 Å². The van der Waals surface area contributed by atoms with Gasteiger partial charge in [-0.2, -0.15) is 0 Å². The number of aryl methyl sites for hydroxylation is 1. The Kier molecular flexibility index (Phi) is 5.84. The maximum absolute atomic E-state index is 13.7. The van der Waals surface area contributed by atoms with Crippen molar-refractivity contribution < 1.29 is 28.6 Å². The van der Waals surface area contributed by atoms with Crippen molar-refractivity contribution in [1.82, 2.24) is 4.90 Å². The molecule has 0 saturated carbocycles. The highest BCUT2D eigenvalue weighted by atomic mass is 35.5. The summed E-state index contributed by atoms with van der Waals surface area (Å²) < 4.78 is 16.5. The SMILES string of the molecule is COc1cc([C@@H]2[C@H](N3C(=O)c4ccccc4C3=O)C(=O)N2c2ccc(C)c(Cl)c2)cc(OC)c1OC. The number of hydrogen-bond acceptors (Lipinski definition) is 6. The van der Waals surface area contributed by atoms with Gasteiger partial charge in [0.1, 0.15) is 6.04 Å². The van der Waals surface area contributed by atoms with Gasteiger partial charge in [-0.05, 0) is 54.4 Å². The van der Waals surface area contributed by atoms with Crippen molar-refractivity contribution in [2.24, 2.45) is 0 Å². The molecule has 3 amide bonds. The zero-order chi connectivity index (χ0) is 25.7. The molecule has 3 aromatic carbocycles. The molecule has 9 heteroatoms. The van der Waals surface area contributed by atoms with Crippen molar-refractivity contribution >= 4 is 35.0 Å². The summed E-state index contributed by atoms with van der Waals surface area (Å²) in [6, 6.07) is 13.5. The molecule has 8 nitrogen and oxygen atoms in total. The van der Waals surface area contributed by atoms with Crippen LogP contribution in [0.4, 0.5) is 5.69 Å². The standard InChI is InChI=1S/C27H23ClN2O6/c1-14-9-10-16(13-19(14)28)29-22(15-11-20(34-2)24(36-4)21(12-15)35-3)23(27(29)33)30-25(31)17-7-5-6-8-18(17)26(30)32/h5-13,22-23H,1-4H3/t22-,23+/m1/s1. The largest absolute Gasteiger partial charge is 0.493 e. The molecule has 1 saturated heterocycles. The first-order chi connectivity index (χ1) is 17.3. The summed E-state index contributed by atoms with van der Waals surface area (Å²) in [6.45, 7) is 1.86. The maximum atomic E-state index is 13.7. The van der Waals surface area contributed by atoms with Gasteiger partial charge in [-0.1, -0.05) is 29.8 Å². The van der Waals surface area contributed by atoms with E-state index in [-0.39, 0.29) is 11.1 Å². The van der Waals surface area contributed by atoms with Gasteiger partial charge in [0.15, 0.2) is 11.5 Å². The highest BCUT2D eigenvalue weighted by Crippen LogP contribution is 2.48. The first-order valence-electron chi connectivity index (χ1n) is 11.2. The summed E-state index contributed by atoms with van der Waals surface area (Å²) in [5.41, 5.74) is 2.55. The molecule has 0 aromatic heterocycles. The second-order valence-electron chi connectivity index (χ2n) is 8.52. The Labute approximate surface area is 212 Å². The van der Waals surface area contributed by atoms with Crippen LogP contribution in [0.3, 0.4) is 0 Å². The summed E-state index contributed by atoms with van der Waals surface area (Å²) in [4.78, 5) is 42.8. The van der Waals surface area contributed by atoms with Crippen LogP contribution in [0.2, 0.25) is 5.02 Å². The van der Waals surface area contributed by atoms with Crippen LogP contribution in [0.15, 0.2) is 54.6 Å². The zero-order valence-electron chi connectivity index (χ0n) is 20.1. The van der Waals surface area contributed by atoms with E-state index in [0.29, 0.717) is 33.5 Å². The average molecular weight is 507 g/mol. The lowest BCUT2D eigenvalue weighted by atomic mass is 9.85. The molecule has 2 aliphatic rings. The fraction of sp³-hybridized carbons (Fsp3) is 0.222. The van der Waals surface area contributed by atoms with Crippen LogP contribution in [0, 0.1) is 6.92 Å². The third kappa shape index (κ3) is 3.40. The molecule has 0 spiro atoms. The number of anilines is 1. The van der Waals surface area contributed by atoms with Crippen LogP contribution in [0.25, 0.3) is 0 Å². The highest BCUT2D eigenvalue weighted by Gasteiger charge is 2.57. The summed E-state index contributed by atoms with van der Waals surface area (Å²) >= 11 is 6.37. The third-order valence-corrected chi connectivity index (χ3v) is 7.04. The van der Waals surface area contributed by atoms with Crippen LogP contribution >= 0.6 is 11.6 Å². The first-order valence-corrected chi connectivity index (χ1v) is 11.6. The third-order valence-electron chi connectivity index (χ3n) is 6.63. The molecule has 5 rings (SSSR count). The van der Waals surface area contributed by atoms with Gasteiger partial charge in [0.25, 0.3) is 17.7 Å². The monoisotopic (exact) mass is 506 g/mol. The predicted molar refractivity (Wildman–Crippen MR) is 133 cm³/mol. The van der Waals surface area contributed by atoms with E-state index < -0.39 is 29.8 Å². The molecule has 0 aliphatic carbocycles. The number of carbonyl (C=O) groups excluding carboxylic acids is 3. The van der Waals surface area contributed by atoms with Crippen LogP contribution in [-0.2, 0) is 4.79 Å². The van der Waals surface area contributed by atoms with Crippen molar-refractivity contribution in [2.75, 3.05) is 26.2 Å². The van der Waals surface area contributed by atoms with Gasteiger partial charge in [0, 0.05) is 10.7 Å². The molecule has 1 fully saturated rings. The minimum atomic E-state index is -1.07. The van der Waals surface area contributed by atoms with Gasteiger partial charge in [0.2, 0.25) is 5.75 Å². The number of amides is 3. The van der Waals surface area contributed by atoms with E-state index in [1.165, 1.54) is 26.2 Å². The van der Waals surface area contributed by atoms with Crippen LogP contribution in [-0.4, -0.2) is 50.0 Å². The number of benzene rings is 3. The van der Waals surface area contributed by atoms with Gasteiger partial charge in [-0.3, -0.25) is 19.3 Å². The molecular formula is C27H23ClN2O6. The predicted octanol–water partition coefficient (Wildman–Crippen LogP) is 4.43. The summed E-state index contributed by atoms with van der Waals surface area (Å²) in [5, 5.41) is 0.494. The van der Waals surface area contributed by atoms with E-state index >= 15 is 0 Å². The number of fused-ring (bicyclic) bond motifs is 1. The van der Waals surface area contributed by atoms with Crippen LogP contribution < -0.4 is 19.1 Å². The fourth-order valence-corrected chi connectivity index (χ4v) is 4.98. The second-order valence-corrected chi connectivity index (χ2v) is 8.92. The molecule has 3 aromatic rings. The van der Waals surface area contributed by atoms with E-state index in [4.69, 9.17) is 25.8 Å². The molecule has 2 aliphatic heterocycles. The topological polar surface area (TPSA) is 85.4 Å². The van der Waals surface area contributed by atoms with Crippen molar-refractivity contribution in [3.63, 3.8) is 0 Å². The number of ether oxygens (including phenoxy) is 3. The zero-order valence-corrected chi connectivity index (χ0v) is 20.8. The molecular weight excluding hydrogens is 484 g/mol. The number of hydrogen-bond donors (Lipinski definition) is 0. The van der Waals surface area contributed by atoms with Gasteiger partial charge in [-0.15, -0.1) is 0 Å². The first kappa shape index (κ1) is 23.7. The molecule has 2 atom stereocenters. The average Bonchev–Trinajstić information content (AvgIpc) is 3.13. The van der Waals surface area contributed by atoms with E-state index in [9.17, 15) is 14.4 Å².